The maximum absolute atomic E-state index is 13.5. The zero-order valence-corrected chi connectivity index (χ0v) is 10.3. The molecule has 0 aliphatic carbocycles. The Balaban J connectivity index is 1.88. The van der Waals surface area contributed by atoms with Crippen molar-refractivity contribution in [1.29, 1.82) is 0 Å². The number of aromatic nitrogens is 3. The van der Waals surface area contributed by atoms with E-state index in [9.17, 15) is 9.50 Å². The molecule has 0 atom stereocenters. The molecule has 0 saturated carbocycles. The average Bonchev–Trinajstić information content (AvgIpc) is 2.90. The summed E-state index contributed by atoms with van der Waals surface area (Å²) in [6, 6.07) is 9.46. The largest absolute Gasteiger partial charge is 0.505 e. The van der Waals surface area contributed by atoms with E-state index < -0.39 is 0 Å². The van der Waals surface area contributed by atoms with E-state index >= 15 is 0 Å². The minimum atomic E-state index is -0.320. The van der Waals surface area contributed by atoms with Crippen LogP contribution in [0.25, 0.3) is 11.6 Å². The molecule has 20 heavy (non-hydrogen) atoms. The van der Waals surface area contributed by atoms with Crippen LogP contribution in [0.3, 0.4) is 0 Å². The van der Waals surface area contributed by atoms with Gasteiger partial charge < -0.3 is 9.63 Å². The van der Waals surface area contributed by atoms with Gasteiger partial charge in [0.2, 0.25) is 0 Å². The summed E-state index contributed by atoms with van der Waals surface area (Å²) in [5.41, 5.74) is 0.685. The van der Waals surface area contributed by atoms with E-state index in [1.54, 1.807) is 24.3 Å². The van der Waals surface area contributed by atoms with Crippen molar-refractivity contribution in [2.24, 2.45) is 0 Å². The van der Waals surface area contributed by atoms with E-state index in [-0.39, 0.29) is 29.6 Å². The Morgan fingerprint density at radius 1 is 1.15 bits per heavy atom. The highest BCUT2D eigenvalue weighted by atomic mass is 19.1. The summed E-state index contributed by atoms with van der Waals surface area (Å²) in [7, 11) is 0. The van der Waals surface area contributed by atoms with Crippen LogP contribution in [0, 0.1) is 5.82 Å². The first-order chi connectivity index (χ1) is 9.74. The third kappa shape index (κ3) is 2.35. The van der Waals surface area contributed by atoms with Crippen molar-refractivity contribution in [2.75, 3.05) is 0 Å². The van der Waals surface area contributed by atoms with Crippen molar-refractivity contribution in [3.8, 4) is 17.3 Å². The summed E-state index contributed by atoms with van der Waals surface area (Å²) < 4.78 is 18.6. The van der Waals surface area contributed by atoms with E-state index in [2.05, 4.69) is 15.1 Å². The van der Waals surface area contributed by atoms with Crippen molar-refractivity contribution in [1.82, 2.24) is 15.1 Å². The number of benzene rings is 1. The van der Waals surface area contributed by atoms with Gasteiger partial charge in [0, 0.05) is 12.6 Å². The number of hydrogen-bond donors (Lipinski definition) is 1. The monoisotopic (exact) mass is 271 g/mol. The van der Waals surface area contributed by atoms with Gasteiger partial charge >= 0.3 is 0 Å². The SMILES string of the molecule is Oc1cccnc1-c1nc(Cc2ccccc2F)no1. The van der Waals surface area contributed by atoms with Gasteiger partial charge in [0.25, 0.3) is 5.89 Å². The molecule has 2 heterocycles. The average molecular weight is 271 g/mol. The van der Waals surface area contributed by atoms with Crippen molar-refractivity contribution in [2.45, 2.75) is 6.42 Å². The van der Waals surface area contributed by atoms with Gasteiger partial charge in [0.1, 0.15) is 11.6 Å². The molecular weight excluding hydrogens is 261 g/mol. The number of hydrogen-bond acceptors (Lipinski definition) is 5. The zero-order chi connectivity index (χ0) is 13.9. The summed E-state index contributed by atoms with van der Waals surface area (Å²) in [6.07, 6.45) is 1.72. The molecule has 0 aliphatic heterocycles. The lowest BCUT2D eigenvalue weighted by Crippen LogP contribution is -1.94. The molecule has 3 aromatic rings. The molecule has 0 unspecified atom stereocenters. The maximum atomic E-state index is 13.5. The highest BCUT2D eigenvalue weighted by Gasteiger charge is 2.14. The highest BCUT2D eigenvalue weighted by molar-refractivity contribution is 5.55. The second-order valence-electron chi connectivity index (χ2n) is 4.16. The fourth-order valence-corrected chi connectivity index (χ4v) is 1.80. The molecule has 100 valence electrons. The lowest BCUT2D eigenvalue weighted by atomic mass is 10.1. The topological polar surface area (TPSA) is 72.0 Å². The quantitative estimate of drug-likeness (QED) is 0.792. The second kappa shape index (κ2) is 5.08. The van der Waals surface area contributed by atoms with Crippen LogP contribution >= 0.6 is 0 Å². The molecule has 0 radical (unpaired) electrons. The Kier molecular flexibility index (Phi) is 3.12. The van der Waals surface area contributed by atoms with E-state index in [1.165, 1.54) is 18.3 Å². The van der Waals surface area contributed by atoms with Crippen LogP contribution < -0.4 is 0 Å². The minimum Gasteiger partial charge on any atom is -0.505 e. The third-order valence-electron chi connectivity index (χ3n) is 2.76. The Labute approximate surface area is 113 Å². The smallest absolute Gasteiger partial charge is 0.280 e. The van der Waals surface area contributed by atoms with Crippen LogP contribution in [0.4, 0.5) is 4.39 Å². The number of aromatic hydroxyl groups is 1. The first-order valence-corrected chi connectivity index (χ1v) is 5.94. The molecule has 2 aromatic heterocycles. The molecular formula is C14H10FN3O2. The minimum absolute atomic E-state index is 0.0476. The normalized spacial score (nSPS) is 10.7. The first-order valence-electron chi connectivity index (χ1n) is 5.94. The predicted molar refractivity (Wildman–Crippen MR) is 68.4 cm³/mol. The van der Waals surface area contributed by atoms with Gasteiger partial charge in [0.15, 0.2) is 11.5 Å². The second-order valence-corrected chi connectivity index (χ2v) is 4.16. The fourth-order valence-electron chi connectivity index (χ4n) is 1.80. The van der Waals surface area contributed by atoms with Crippen LogP contribution in [-0.4, -0.2) is 20.2 Å². The summed E-state index contributed by atoms with van der Waals surface area (Å²) >= 11 is 0. The number of rotatable bonds is 3. The van der Waals surface area contributed by atoms with E-state index in [0.29, 0.717) is 11.4 Å². The van der Waals surface area contributed by atoms with Crippen LogP contribution in [0.2, 0.25) is 0 Å². The van der Waals surface area contributed by atoms with Crippen molar-refractivity contribution in [3.05, 3.63) is 59.8 Å². The molecule has 3 rings (SSSR count). The number of halogens is 1. The van der Waals surface area contributed by atoms with Crippen molar-refractivity contribution in [3.63, 3.8) is 0 Å². The van der Waals surface area contributed by atoms with Gasteiger partial charge in [-0.3, -0.25) is 0 Å². The predicted octanol–water partition coefficient (Wildman–Crippen LogP) is 2.57. The Morgan fingerprint density at radius 2 is 2.00 bits per heavy atom. The molecule has 0 amide bonds. The van der Waals surface area contributed by atoms with Gasteiger partial charge in [-0.05, 0) is 23.8 Å². The van der Waals surface area contributed by atoms with Gasteiger partial charge in [0.05, 0.1) is 0 Å². The van der Waals surface area contributed by atoms with Gasteiger partial charge in [-0.15, -0.1) is 0 Å². The molecule has 0 bridgehead atoms. The van der Waals surface area contributed by atoms with Gasteiger partial charge in [-0.25, -0.2) is 9.37 Å². The van der Waals surface area contributed by atoms with E-state index in [1.807, 2.05) is 0 Å². The Bertz CT molecular complexity index is 743. The van der Waals surface area contributed by atoms with Crippen molar-refractivity contribution >= 4 is 0 Å². The van der Waals surface area contributed by atoms with E-state index in [0.717, 1.165) is 0 Å². The molecule has 1 N–H and O–H groups in total. The molecule has 0 aliphatic rings. The fraction of sp³-hybridized carbons (Fsp3) is 0.0714. The first kappa shape index (κ1) is 12.3. The van der Waals surface area contributed by atoms with Crippen LogP contribution in [-0.2, 0) is 6.42 Å². The summed E-state index contributed by atoms with van der Waals surface area (Å²) in [4.78, 5) is 8.08. The zero-order valence-electron chi connectivity index (χ0n) is 10.3. The molecule has 0 saturated heterocycles. The number of pyridine rings is 1. The number of nitrogens with zero attached hydrogens (tertiary/aromatic N) is 3. The summed E-state index contributed by atoms with van der Waals surface area (Å²) in [6.45, 7) is 0. The lowest BCUT2D eigenvalue weighted by Gasteiger charge is -1.98. The Hall–Kier alpha value is -2.76. The third-order valence-corrected chi connectivity index (χ3v) is 2.76. The summed E-state index contributed by atoms with van der Waals surface area (Å²) in [5.74, 6) is 0.0673. The molecule has 0 fully saturated rings. The molecule has 0 spiro atoms. The van der Waals surface area contributed by atoms with Crippen LogP contribution in [0.5, 0.6) is 5.75 Å². The summed E-state index contributed by atoms with van der Waals surface area (Å²) in [5, 5.41) is 13.4. The molecule has 6 heteroatoms. The van der Waals surface area contributed by atoms with Crippen LogP contribution in [0.1, 0.15) is 11.4 Å². The maximum Gasteiger partial charge on any atom is 0.280 e. The van der Waals surface area contributed by atoms with Crippen molar-refractivity contribution < 1.29 is 14.0 Å². The van der Waals surface area contributed by atoms with Gasteiger partial charge in [-0.2, -0.15) is 4.98 Å². The van der Waals surface area contributed by atoms with Crippen LogP contribution in [0.15, 0.2) is 47.1 Å². The molecule has 5 nitrogen and oxygen atoms in total. The lowest BCUT2D eigenvalue weighted by molar-refractivity contribution is 0.416. The standard InChI is InChI=1S/C14H10FN3O2/c15-10-5-2-1-4-9(10)8-12-17-14(20-18-12)13-11(19)6-3-7-16-13/h1-7,19H,8H2. The van der Waals surface area contributed by atoms with Gasteiger partial charge in [-0.1, -0.05) is 23.4 Å². The molecule has 1 aromatic carbocycles. The van der Waals surface area contributed by atoms with E-state index in [4.69, 9.17) is 4.52 Å². The highest BCUT2D eigenvalue weighted by Crippen LogP contribution is 2.24. The Morgan fingerprint density at radius 3 is 2.80 bits per heavy atom.